The molecule has 1 heterocycles. The van der Waals surface area contributed by atoms with E-state index in [-0.39, 0.29) is 24.4 Å². The molecule has 10 nitrogen and oxygen atoms in total. The van der Waals surface area contributed by atoms with Crippen LogP contribution in [0.1, 0.15) is 81.5 Å². The number of nitrogens with zero attached hydrogens (tertiary/aromatic N) is 3. The van der Waals surface area contributed by atoms with Crippen molar-refractivity contribution in [3.05, 3.63) is 66.2 Å². The number of hydrogen-bond acceptors (Lipinski definition) is 9. The van der Waals surface area contributed by atoms with Crippen molar-refractivity contribution in [3.8, 4) is 5.75 Å². The maximum atomic E-state index is 12.2. The van der Waals surface area contributed by atoms with Crippen LogP contribution < -0.4 is 4.74 Å². The Bertz CT molecular complexity index is 1210. The standard InChI is InChI=1S/C31H37N3O7/c1-23(2)30(37)40-22-10-8-6-4-3-5-7-9-21-39-27-17-15-26(16-18-27)33-32-25-13-11-24(12-14-25)31(38)41-34-28(35)19-20-29(34)36/h11-18H,1,3-10,19-22H2,2H3. The van der Waals surface area contributed by atoms with E-state index in [0.29, 0.717) is 35.2 Å². The topological polar surface area (TPSA) is 124 Å². The summed E-state index contributed by atoms with van der Waals surface area (Å²) in [7, 11) is 0. The number of imide groups is 1. The van der Waals surface area contributed by atoms with Crippen LogP contribution in [0.2, 0.25) is 0 Å². The van der Waals surface area contributed by atoms with Gasteiger partial charge in [0.1, 0.15) is 5.75 Å². The van der Waals surface area contributed by atoms with Gasteiger partial charge in [0, 0.05) is 18.4 Å². The van der Waals surface area contributed by atoms with Crippen LogP contribution in [0.15, 0.2) is 70.9 Å². The molecule has 41 heavy (non-hydrogen) atoms. The Balaban J connectivity index is 1.26. The first kappa shape index (κ1) is 31.2. The van der Waals surface area contributed by atoms with E-state index in [2.05, 4.69) is 16.8 Å². The highest BCUT2D eigenvalue weighted by molar-refractivity contribution is 6.02. The Morgan fingerprint density at radius 1 is 0.756 bits per heavy atom. The SMILES string of the molecule is C=C(C)C(=O)OCCCCCCCCCCOc1ccc(N=Nc2ccc(C(=O)ON3C(=O)CCC3=O)cc2)cc1. The lowest BCUT2D eigenvalue weighted by atomic mass is 10.1. The van der Waals surface area contributed by atoms with Gasteiger partial charge in [-0.05, 0) is 68.3 Å². The van der Waals surface area contributed by atoms with Gasteiger partial charge in [-0.15, -0.1) is 5.06 Å². The number of carbonyl (C=O) groups is 4. The molecule has 1 aliphatic rings. The van der Waals surface area contributed by atoms with Gasteiger partial charge in [-0.25, -0.2) is 9.59 Å². The van der Waals surface area contributed by atoms with E-state index >= 15 is 0 Å². The molecule has 0 bridgehead atoms. The van der Waals surface area contributed by atoms with E-state index < -0.39 is 17.8 Å². The van der Waals surface area contributed by atoms with Gasteiger partial charge in [-0.3, -0.25) is 9.59 Å². The summed E-state index contributed by atoms with van der Waals surface area (Å²) in [5, 5.41) is 8.89. The predicted molar refractivity (Wildman–Crippen MR) is 152 cm³/mol. The largest absolute Gasteiger partial charge is 0.494 e. The van der Waals surface area contributed by atoms with Gasteiger partial charge in [0.25, 0.3) is 11.8 Å². The number of hydrogen-bond donors (Lipinski definition) is 0. The van der Waals surface area contributed by atoms with Crippen molar-refractivity contribution in [1.29, 1.82) is 0 Å². The summed E-state index contributed by atoms with van der Waals surface area (Å²) in [6.45, 7) is 6.35. The smallest absolute Gasteiger partial charge is 0.363 e. The molecule has 0 atom stereocenters. The number of amides is 2. The van der Waals surface area contributed by atoms with E-state index in [1.165, 1.54) is 31.4 Å². The number of hydroxylamine groups is 2. The number of ether oxygens (including phenoxy) is 2. The summed E-state index contributed by atoms with van der Waals surface area (Å²) in [6.07, 6.45) is 8.86. The maximum absolute atomic E-state index is 12.2. The minimum Gasteiger partial charge on any atom is -0.494 e. The van der Waals surface area contributed by atoms with Gasteiger partial charge >= 0.3 is 11.9 Å². The van der Waals surface area contributed by atoms with Crippen LogP contribution in [0.3, 0.4) is 0 Å². The molecule has 2 aromatic rings. The Morgan fingerprint density at radius 3 is 1.78 bits per heavy atom. The first-order valence-electron chi connectivity index (χ1n) is 14.0. The number of rotatable bonds is 17. The Morgan fingerprint density at radius 2 is 1.24 bits per heavy atom. The van der Waals surface area contributed by atoms with Crippen molar-refractivity contribution in [3.63, 3.8) is 0 Å². The van der Waals surface area contributed by atoms with Crippen LogP contribution in [0.25, 0.3) is 0 Å². The summed E-state index contributed by atoms with van der Waals surface area (Å²) in [5.41, 5.74) is 1.81. The lowest BCUT2D eigenvalue weighted by Crippen LogP contribution is -2.32. The second-order valence-corrected chi connectivity index (χ2v) is 9.79. The highest BCUT2D eigenvalue weighted by Gasteiger charge is 2.33. The van der Waals surface area contributed by atoms with E-state index in [0.717, 1.165) is 37.9 Å². The van der Waals surface area contributed by atoms with Crippen LogP contribution in [0.5, 0.6) is 5.75 Å². The van der Waals surface area contributed by atoms with E-state index in [1.807, 2.05) is 24.3 Å². The van der Waals surface area contributed by atoms with E-state index in [9.17, 15) is 19.2 Å². The molecule has 0 N–H and O–H groups in total. The summed E-state index contributed by atoms with van der Waals surface area (Å²) < 4.78 is 10.9. The molecule has 2 aromatic carbocycles. The maximum Gasteiger partial charge on any atom is 0.363 e. The van der Waals surface area contributed by atoms with Crippen molar-refractivity contribution in [2.24, 2.45) is 10.2 Å². The van der Waals surface area contributed by atoms with Crippen LogP contribution in [-0.2, 0) is 24.0 Å². The molecule has 0 aliphatic carbocycles. The average molecular weight is 564 g/mol. The number of azo groups is 1. The highest BCUT2D eigenvalue weighted by atomic mass is 16.7. The van der Waals surface area contributed by atoms with Gasteiger partial charge < -0.3 is 14.3 Å². The molecule has 0 aromatic heterocycles. The van der Waals surface area contributed by atoms with Gasteiger partial charge in [0.2, 0.25) is 0 Å². The minimum absolute atomic E-state index is 0.0422. The molecule has 0 spiro atoms. The molecular formula is C31H37N3O7. The second-order valence-electron chi connectivity index (χ2n) is 9.79. The average Bonchev–Trinajstić information content (AvgIpc) is 3.29. The highest BCUT2D eigenvalue weighted by Crippen LogP contribution is 2.22. The quantitative estimate of drug-likeness (QED) is 0.0671. The first-order valence-corrected chi connectivity index (χ1v) is 14.0. The normalized spacial score (nSPS) is 13.0. The molecule has 2 amide bonds. The van der Waals surface area contributed by atoms with E-state index in [1.54, 1.807) is 19.1 Å². The van der Waals surface area contributed by atoms with Crippen LogP contribution >= 0.6 is 0 Å². The van der Waals surface area contributed by atoms with Gasteiger partial charge in [0.05, 0.1) is 30.2 Å². The fourth-order valence-corrected chi connectivity index (χ4v) is 3.93. The van der Waals surface area contributed by atoms with Crippen LogP contribution in [0, 0.1) is 0 Å². The molecule has 1 fully saturated rings. The van der Waals surface area contributed by atoms with Crippen LogP contribution in [0.4, 0.5) is 11.4 Å². The third kappa shape index (κ3) is 11.0. The number of carbonyl (C=O) groups excluding carboxylic acids is 4. The summed E-state index contributed by atoms with van der Waals surface area (Å²) in [4.78, 5) is 51.6. The first-order chi connectivity index (χ1) is 19.8. The van der Waals surface area contributed by atoms with Crippen molar-refractivity contribution in [1.82, 2.24) is 5.06 Å². The van der Waals surface area contributed by atoms with Gasteiger partial charge in [0.15, 0.2) is 0 Å². The second kappa shape index (κ2) is 16.7. The third-order valence-electron chi connectivity index (χ3n) is 6.29. The summed E-state index contributed by atoms with van der Waals surface area (Å²) in [6, 6.07) is 13.5. The molecule has 0 saturated carbocycles. The van der Waals surface area contributed by atoms with E-state index in [4.69, 9.17) is 14.3 Å². The lowest BCUT2D eigenvalue weighted by Gasteiger charge is -2.12. The molecular weight excluding hydrogens is 526 g/mol. The van der Waals surface area contributed by atoms with Crippen LogP contribution in [-0.4, -0.2) is 42.0 Å². The Kier molecular flexibility index (Phi) is 12.7. The van der Waals surface area contributed by atoms with Crippen molar-refractivity contribution >= 4 is 35.1 Å². The lowest BCUT2D eigenvalue weighted by molar-refractivity contribution is -0.172. The Hall–Kier alpha value is -4.34. The zero-order valence-corrected chi connectivity index (χ0v) is 23.5. The molecule has 1 saturated heterocycles. The van der Waals surface area contributed by atoms with Gasteiger partial charge in [-0.2, -0.15) is 10.2 Å². The minimum atomic E-state index is -0.792. The molecule has 218 valence electrons. The van der Waals surface area contributed by atoms with Crippen molar-refractivity contribution < 1.29 is 33.5 Å². The monoisotopic (exact) mass is 563 g/mol. The fourth-order valence-electron chi connectivity index (χ4n) is 3.93. The predicted octanol–water partition coefficient (Wildman–Crippen LogP) is 6.94. The zero-order chi connectivity index (χ0) is 29.5. The number of esters is 1. The Labute approximate surface area is 240 Å². The molecule has 0 radical (unpaired) electrons. The molecule has 0 unspecified atom stereocenters. The number of benzene rings is 2. The molecule has 10 heteroatoms. The molecule has 1 aliphatic heterocycles. The fraction of sp³-hybridized carbons (Fsp3) is 0.419. The van der Waals surface area contributed by atoms with Crippen molar-refractivity contribution in [2.45, 2.75) is 71.1 Å². The summed E-state index contributed by atoms with van der Waals surface area (Å²) in [5.74, 6) is -1.38. The summed E-state index contributed by atoms with van der Waals surface area (Å²) >= 11 is 0. The van der Waals surface area contributed by atoms with Crippen molar-refractivity contribution in [2.75, 3.05) is 13.2 Å². The third-order valence-corrected chi connectivity index (χ3v) is 6.29. The molecule has 3 rings (SSSR count). The number of unbranched alkanes of at least 4 members (excludes halogenated alkanes) is 7. The zero-order valence-electron chi connectivity index (χ0n) is 23.5. The van der Waals surface area contributed by atoms with Gasteiger partial charge in [-0.1, -0.05) is 45.1 Å².